The number of rotatable bonds is 10. The highest BCUT2D eigenvalue weighted by atomic mass is 16.5. The quantitative estimate of drug-likeness (QED) is 0.414. The van der Waals surface area contributed by atoms with Crippen LogP contribution in [0, 0.1) is 11.8 Å². The Kier molecular flexibility index (Phi) is 10.3. The van der Waals surface area contributed by atoms with Gasteiger partial charge in [-0.1, -0.05) is 59.3 Å². The maximum Gasteiger partial charge on any atom is 0.308 e. The predicted octanol–water partition coefficient (Wildman–Crippen LogP) is 4.57. The second-order valence-corrected chi connectivity index (χ2v) is 5.39. The van der Waals surface area contributed by atoms with Gasteiger partial charge in [-0.15, -0.1) is 0 Å². The molecule has 0 bridgehead atoms. The molecule has 2 nitrogen and oxygen atoms in total. The molecule has 0 spiro atoms. The van der Waals surface area contributed by atoms with Crippen LogP contribution < -0.4 is 0 Å². The molecule has 0 aliphatic rings. The highest BCUT2D eigenvalue weighted by Gasteiger charge is 2.18. The molecular formula is C15H30O2. The molecule has 0 aromatic heterocycles. The van der Waals surface area contributed by atoms with E-state index in [1.807, 2.05) is 0 Å². The van der Waals surface area contributed by atoms with Crippen molar-refractivity contribution in [1.29, 1.82) is 0 Å². The Hall–Kier alpha value is -0.530. The molecule has 1 unspecified atom stereocenters. The second kappa shape index (κ2) is 10.6. The summed E-state index contributed by atoms with van der Waals surface area (Å²) in [7, 11) is 1.50. The van der Waals surface area contributed by atoms with Crippen molar-refractivity contribution < 1.29 is 9.53 Å². The third-order valence-corrected chi connectivity index (χ3v) is 3.28. The van der Waals surface area contributed by atoms with Gasteiger partial charge in [0.25, 0.3) is 0 Å². The normalized spacial score (nSPS) is 12.8. The van der Waals surface area contributed by atoms with Gasteiger partial charge in [-0.2, -0.15) is 0 Å². The number of carbonyl (C=O) groups is 1. The molecule has 0 saturated heterocycles. The summed E-state index contributed by atoms with van der Waals surface area (Å²) in [4.78, 5) is 11.6. The van der Waals surface area contributed by atoms with Crippen LogP contribution in [0.2, 0.25) is 0 Å². The average Bonchev–Trinajstić information content (AvgIpc) is 2.31. The maximum absolute atomic E-state index is 11.6. The minimum Gasteiger partial charge on any atom is -0.469 e. The zero-order valence-corrected chi connectivity index (χ0v) is 12.1. The molecule has 0 aromatic rings. The van der Waals surface area contributed by atoms with Crippen LogP contribution in [0.5, 0.6) is 0 Å². The Morgan fingerprint density at radius 2 is 1.65 bits per heavy atom. The molecule has 0 rings (SSSR count). The average molecular weight is 242 g/mol. The molecule has 0 N–H and O–H groups in total. The summed E-state index contributed by atoms with van der Waals surface area (Å²) >= 11 is 0. The smallest absolute Gasteiger partial charge is 0.308 e. The number of methoxy groups -OCH3 is 1. The summed E-state index contributed by atoms with van der Waals surface area (Å²) in [5, 5.41) is 0. The van der Waals surface area contributed by atoms with Gasteiger partial charge in [0.15, 0.2) is 0 Å². The molecule has 0 heterocycles. The largest absolute Gasteiger partial charge is 0.469 e. The molecule has 102 valence electrons. The van der Waals surface area contributed by atoms with Crippen molar-refractivity contribution in [2.24, 2.45) is 11.8 Å². The van der Waals surface area contributed by atoms with Crippen LogP contribution in [0.1, 0.15) is 72.1 Å². The van der Waals surface area contributed by atoms with Crippen molar-refractivity contribution in [2.45, 2.75) is 72.1 Å². The lowest BCUT2D eigenvalue weighted by molar-refractivity contribution is -0.146. The van der Waals surface area contributed by atoms with Crippen molar-refractivity contribution in [1.82, 2.24) is 0 Å². The fourth-order valence-electron chi connectivity index (χ4n) is 2.08. The van der Waals surface area contributed by atoms with Gasteiger partial charge in [-0.05, 0) is 18.8 Å². The predicted molar refractivity (Wildman–Crippen MR) is 73.0 cm³/mol. The van der Waals surface area contributed by atoms with Crippen LogP contribution >= 0.6 is 0 Å². The van der Waals surface area contributed by atoms with Crippen LogP contribution in [0.15, 0.2) is 0 Å². The summed E-state index contributed by atoms with van der Waals surface area (Å²) in [5.41, 5.74) is 0. The lowest BCUT2D eigenvalue weighted by Crippen LogP contribution is -2.17. The van der Waals surface area contributed by atoms with Gasteiger partial charge in [0.1, 0.15) is 0 Å². The fraction of sp³-hybridized carbons (Fsp3) is 0.933. The maximum atomic E-state index is 11.6. The first-order chi connectivity index (χ1) is 8.11. The minimum absolute atomic E-state index is 0.0128. The van der Waals surface area contributed by atoms with E-state index in [-0.39, 0.29) is 11.9 Å². The first kappa shape index (κ1) is 16.5. The Morgan fingerprint density at radius 3 is 2.18 bits per heavy atom. The lowest BCUT2D eigenvalue weighted by Gasteiger charge is -2.15. The summed E-state index contributed by atoms with van der Waals surface area (Å²) in [6.07, 6.45) is 9.41. The molecule has 1 atom stereocenters. The van der Waals surface area contributed by atoms with E-state index in [1.165, 1.54) is 32.8 Å². The minimum atomic E-state index is -0.0128. The summed E-state index contributed by atoms with van der Waals surface area (Å²) in [6, 6.07) is 0. The molecule has 0 aliphatic carbocycles. The van der Waals surface area contributed by atoms with Crippen LogP contribution in [-0.2, 0) is 9.53 Å². The highest BCUT2D eigenvalue weighted by molar-refractivity contribution is 5.72. The molecule has 2 heteroatoms. The molecule has 0 aromatic carbocycles. The van der Waals surface area contributed by atoms with Gasteiger partial charge in [0.05, 0.1) is 13.0 Å². The van der Waals surface area contributed by atoms with Gasteiger partial charge in [0.2, 0.25) is 0 Å². The van der Waals surface area contributed by atoms with Crippen molar-refractivity contribution in [3.05, 3.63) is 0 Å². The van der Waals surface area contributed by atoms with Crippen molar-refractivity contribution >= 4 is 5.97 Å². The number of hydrogen-bond acceptors (Lipinski definition) is 2. The zero-order valence-electron chi connectivity index (χ0n) is 12.1. The first-order valence-electron chi connectivity index (χ1n) is 7.19. The van der Waals surface area contributed by atoms with Crippen LogP contribution in [0.4, 0.5) is 0 Å². The van der Waals surface area contributed by atoms with E-state index in [4.69, 9.17) is 4.74 Å². The number of esters is 1. The molecule has 0 amide bonds. The summed E-state index contributed by atoms with van der Waals surface area (Å²) < 4.78 is 4.88. The third kappa shape index (κ3) is 9.20. The van der Waals surface area contributed by atoms with E-state index in [0.29, 0.717) is 5.92 Å². The van der Waals surface area contributed by atoms with Gasteiger partial charge >= 0.3 is 5.97 Å². The van der Waals surface area contributed by atoms with Gasteiger partial charge in [-0.25, -0.2) is 0 Å². The standard InChI is InChI=1S/C15H30O2/c1-5-6-7-8-9-10-14(15(16)17-4)12-11-13(2)3/h13-14H,5-12H2,1-4H3. The Bertz CT molecular complexity index is 187. The molecule has 0 fully saturated rings. The molecule has 0 saturated carbocycles. The summed E-state index contributed by atoms with van der Waals surface area (Å²) in [5.74, 6) is 0.785. The molecule has 0 radical (unpaired) electrons. The topological polar surface area (TPSA) is 26.3 Å². The zero-order chi connectivity index (χ0) is 13.1. The van der Waals surface area contributed by atoms with Crippen molar-refractivity contribution in [3.8, 4) is 0 Å². The van der Waals surface area contributed by atoms with Crippen LogP contribution in [0.3, 0.4) is 0 Å². The van der Waals surface area contributed by atoms with Crippen LogP contribution in [-0.4, -0.2) is 13.1 Å². The van der Waals surface area contributed by atoms with Gasteiger partial charge < -0.3 is 4.74 Å². The monoisotopic (exact) mass is 242 g/mol. The number of unbranched alkanes of at least 4 members (excludes halogenated alkanes) is 4. The summed E-state index contributed by atoms with van der Waals surface area (Å²) in [6.45, 7) is 6.63. The van der Waals surface area contributed by atoms with Gasteiger partial charge in [0, 0.05) is 0 Å². The van der Waals surface area contributed by atoms with E-state index in [9.17, 15) is 4.79 Å². The first-order valence-corrected chi connectivity index (χ1v) is 7.19. The Balaban J connectivity index is 3.81. The van der Waals surface area contributed by atoms with Crippen LogP contribution in [0.25, 0.3) is 0 Å². The highest BCUT2D eigenvalue weighted by Crippen LogP contribution is 2.20. The number of hydrogen-bond donors (Lipinski definition) is 0. The van der Waals surface area contributed by atoms with Gasteiger partial charge in [-0.3, -0.25) is 4.79 Å². The number of carbonyl (C=O) groups excluding carboxylic acids is 1. The van der Waals surface area contributed by atoms with E-state index < -0.39 is 0 Å². The molecule has 0 aliphatic heterocycles. The number of ether oxygens (including phenoxy) is 1. The lowest BCUT2D eigenvalue weighted by atomic mass is 9.93. The SMILES string of the molecule is CCCCCCCC(CCC(C)C)C(=O)OC. The second-order valence-electron chi connectivity index (χ2n) is 5.39. The van der Waals surface area contributed by atoms with E-state index >= 15 is 0 Å². The van der Waals surface area contributed by atoms with E-state index in [1.54, 1.807) is 0 Å². The van der Waals surface area contributed by atoms with E-state index in [2.05, 4.69) is 20.8 Å². The fourth-order valence-corrected chi connectivity index (χ4v) is 2.08. The van der Waals surface area contributed by atoms with Crippen molar-refractivity contribution in [2.75, 3.05) is 7.11 Å². The van der Waals surface area contributed by atoms with E-state index in [0.717, 1.165) is 25.7 Å². The molecule has 17 heavy (non-hydrogen) atoms. The Labute approximate surface area is 107 Å². The van der Waals surface area contributed by atoms with Crippen molar-refractivity contribution in [3.63, 3.8) is 0 Å². The third-order valence-electron chi connectivity index (χ3n) is 3.28. The Morgan fingerprint density at radius 1 is 1.00 bits per heavy atom. The molecular weight excluding hydrogens is 212 g/mol.